The molecule has 4 aliphatic carbocycles. The van der Waals surface area contributed by atoms with Gasteiger partial charge in [-0.3, -0.25) is 4.79 Å². The lowest BCUT2D eigenvalue weighted by Crippen LogP contribution is -2.46. The molecule has 0 saturated heterocycles. The molecule has 0 aromatic heterocycles. The Morgan fingerprint density at radius 3 is 2.48 bits per heavy atom. The van der Waals surface area contributed by atoms with Crippen molar-refractivity contribution >= 4 is 5.97 Å². The van der Waals surface area contributed by atoms with Crippen LogP contribution in [0.5, 0.6) is 0 Å². The minimum atomic E-state index is -0.136. The Balaban J connectivity index is 1.53. The third kappa shape index (κ3) is 4.41. The zero-order valence-electron chi connectivity index (χ0n) is 22.3. The summed E-state index contributed by atoms with van der Waals surface area (Å²) in [5.41, 5.74) is 3.98. The van der Waals surface area contributed by atoms with Crippen LogP contribution in [-0.2, 0) is 9.53 Å². The van der Waals surface area contributed by atoms with E-state index in [1.54, 1.807) is 12.5 Å². The van der Waals surface area contributed by atoms with Gasteiger partial charge in [-0.25, -0.2) is 0 Å². The van der Waals surface area contributed by atoms with Crippen molar-refractivity contribution in [2.45, 2.75) is 106 Å². The average molecular weight is 453 g/mol. The van der Waals surface area contributed by atoms with Crippen molar-refractivity contribution in [2.75, 3.05) is 0 Å². The molecule has 3 fully saturated rings. The number of allylic oxidation sites excluding steroid dienone is 5. The Bertz CT molecular complexity index is 832. The molecule has 184 valence electrons. The van der Waals surface area contributed by atoms with Crippen molar-refractivity contribution in [3.05, 3.63) is 35.5 Å². The molecular formula is C31H48O2. The summed E-state index contributed by atoms with van der Waals surface area (Å²) in [6.45, 7) is 16.2. The van der Waals surface area contributed by atoms with Crippen LogP contribution < -0.4 is 0 Å². The molecule has 0 spiro atoms. The minimum absolute atomic E-state index is 0.0758. The van der Waals surface area contributed by atoms with Gasteiger partial charge >= 0.3 is 5.97 Å². The SMILES string of the molecule is CC[C@H](C=C[C@@H](C)[C@H]1CC[C@H]2C3=CC=C4C[C@@H](OC(C)=O)CC[C@]4(C)[C@H]3CC[C@]12C)C(C)C. The molecule has 3 saturated carbocycles. The molecule has 4 rings (SSSR count). The number of esters is 1. The van der Waals surface area contributed by atoms with Crippen LogP contribution in [0.25, 0.3) is 0 Å². The van der Waals surface area contributed by atoms with Gasteiger partial charge in [-0.15, -0.1) is 0 Å². The van der Waals surface area contributed by atoms with Gasteiger partial charge in [0, 0.05) is 13.3 Å². The fourth-order valence-corrected chi connectivity index (χ4v) is 8.49. The Morgan fingerprint density at radius 2 is 1.82 bits per heavy atom. The van der Waals surface area contributed by atoms with E-state index in [9.17, 15) is 4.79 Å². The van der Waals surface area contributed by atoms with Crippen molar-refractivity contribution < 1.29 is 9.53 Å². The zero-order chi connectivity index (χ0) is 24.0. The summed E-state index contributed by atoms with van der Waals surface area (Å²) in [5.74, 6) is 4.18. The van der Waals surface area contributed by atoms with Crippen LogP contribution in [0.2, 0.25) is 0 Å². The highest BCUT2D eigenvalue weighted by atomic mass is 16.5. The van der Waals surface area contributed by atoms with Crippen LogP contribution in [0.15, 0.2) is 35.5 Å². The van der Waals surface area contributed by atoms with E-state index in [-0.39, 0.29) is 17.5 Å². The molecule has 0 aliphatic heterocycles. The molecule has 0 bridgehead atoms. The molecule has 8 atom stereocenters. The molecule has 2 heteroatoms. The van der Waals surface area contributed by atoms with Crippen molar-refractivity contribution in [1.82, 2.24) is 0 Å². The fraction of sp³-hybridized carbons (Fsp3) is 0.774. The Morgan fingerprint density at radius 1 is 1.06 bits per heavy atom. The highest BCUT2D eigenvalue weighted by Gasteiger charge is 2.56. The molecule has 0 unspecified atom stereocenters. The van der Waals surface area contributed by atoms with Crippen LogP contribution in [0, 0.1) is 46.3 Å². The molecule has 0 N–H and O–H groups in total. The van der Waals surface area contributed by atoms with Gasteiger partial charge in [0.15, 0.2) is 0 Å². The molecule has 0 aromatic carbocycles. The van der Waals surface area contributed by atoms with Crippen LogP contribution in [0.1, 0.15) is 99.8 Å². The van der Waals surface area contributed by atoms with Gasteiger partial charge in [-0.2, -0.15) is 0 Å². The molecule has 33 heavy (non-hydrogen) atoms. The van der Waals surface area contributed by atoms with Crippen LogP contribution >= 0.6 is 0 Å². The lowest BCUT2D eigenvalue weighted by molar-refractivity contribution is -0.148. The van der Waals surface area contributed by atoms with Gasteiger partial charge in [-0.1, -0.05) is 77.0 Å². The van der Waals surface area contributed by atoms with Crippen molar-refractivity contribution in [3.8, 4) is 0 Å². The number of carbonyl (C=O) groups excluding carboxylic acids is 1. The average Bonchev–Trinajstić information content (AvgIpc) is 3.11. The maximum atomic E-state index is 11.5. The molecule has 4 aliphatic rings. The van der Waals surface area contributed by atoms with Gasteiger partial charge in [0.1, 0.15) is 6.10 Å². The molecule has 2 nitrogen and oxygen atoms in total. The van der Waals surface area contributed by atoms with Crippen LogP contribution in [0.3, 0.4) is 0 Å². The molecule has 0 aromatic rings. The van der Waals surface area contributed by atoms with Crippen molar-refractivity contribution in [3.63, 3.8) is 0 Å². The van der Waals surface area contributed by atoms with Crippen molar-refractivity contribution in [2.24, 2.45) is 46.3 Å². The van der Waals surface area contributed by atoms with E-state index in [4.69, 9.17) is 4.74 Å². The summed E-state index contributed by atoms with van der Waals surface area (Å²) in [7, 11) is 0. The number of hydrogen-bond donors (Lipinski definition) is 0. The van der Waals surface area contributed by atoms with Gasteiger partial charge < -0.3 is 4.74 Å². The fourth-order valence-electron chi connectivity index (χ4n) is 8.49. The summed E-state index contributed by atoms with van der Waals surface area (Å²) in [5, 5.41) is 0. The molecule has 0 amide bonds. The largest absolute Gasteiger partial charge is 0.462 e. The number of hydrogen-bond acceptors (Lipinski definition) is 2. The summed E-state index contributed by atoms with van der Waals surface area (Å²) in [6, 6.07) is 0. The van der Waals surface area contributed by atoms with Gasteiger partial charge in [0.05, 0.1) is 0 Å². The standard InChI is InChI=1S/C31H48O2/c1-8-23(20(2)3)10-9-21(4)27-13-14-28-26-12-11-24-19-25(33-22(5)32)15-17-30(24,6)29(26)16-18-31(27,28)7/h9-12,20-21,23,25,27-29H,8,13-19H2,1-7H3/t21-,23-,25+,27-,28+,29+,30+,31-/m1/s1. The first-order valence-electron chi connectivity index (χ1n) is 13.9. The summed E-state index contributed by atoms with van der Waals surface area (Å²) in [4.78, 5) is 11.5. The van der Waals surface area contributed by atoms with E-state index in [1.165, 1.54) is 37.7 Å². The summed E-state index contributed by atoms with van der Waals surface area (Å²) >= 11 is 0. The third-order valence-corrected chi connectivity index (χ3v) is 10.6. The number of ether oxygens (including phenoxy) is 1. The number of fused-ring (bicyclic) bond motifs is 5. The Hall–Kier alpha value is -1.31. The molecule has 0 heterocycles. The normalized spacial score (nSPS) is 39.9. The highest BCUT2D eigenvalue weighted by Crippen LogP contribution is 2.66. The van der Waals surface area contributed by atoms with E-state index < -0.39 is 0 Å². The third-order valence-electron chi connectivity index (χ3n) is 10.6. The summed E-state index contributed by atoms with van der Waals surface area (Å²) < 4.78 is 5.60. The van der Waals surface area contributed by atoms with Crippen LogP contribution in [-0.4, -0.2) is 12.1 Å². The Labute approximate surface area is 203 Å². The Kier molecular flexibility index (Phi) is 7.05. The van der Waals surface area contributed by atoms with Gasteiger partial charge in [0.2, 0.25) is 0 Å². The first-order chi connectivity index (χ1) is 15.6. The van der Waals surface area contributed by atoms with Gasteiger partial charge in [-0.05, 0) is 91.3 Å². The number of rotatable bonds is 6. The van der Waals surface area contributed by atoms with E-state index in [0.29, 0.717) is 23.2 Å². The van der Waals surface area contributed by atoms with E-state index >= 15 is 0 Å². The second-order valence-corrected chi connectivity index (χ2v) is 12.6. The van der Waals surface area contributed by atoms with E-state index in [0.717, 1.165) is 37.0 Å². The maximum Gasteiger partial charge on any atom is 0.302 e. The summed E-state index contributed by atoms with van der Waals surface area (Å²) in [6.07, 6.45) is 19.9. The quantitative estimate of drug-likeness (QED) is 0.299. The predicted molar refractivity (Wildman–Crippen MR) is 138 cm³/mol. The van der Waals surface area contributed by atoms with Crippen molar-refractivity contribution in [1.29, 1.82) is 0 Å². The van der Waals surface area contributed by atoms with E-state index in [2.05, 4.69) is 65.8 Å². The van der Waals surface area contributed by atoms with Crippen LogP contribution in [0.4, 0.5) is 0 Å². The zero-order valence-corrected chi connectivity index (χ0v) is 22.3. The maximum absolute atomic E-state index is 11.5. The highest BCUT2D eigenvalue weighted by molar-refractivity contribution is 5.66. The lowest BCUT2D eigenvalue weighted by Gasteiger charge is -2.55. The predicted octanol–water partition coefficient (Wildman–Crippen LogP) is 8.29. The first-order valence-corrected chi connectivity index (χ1v) is 13.9. The molecular weight excluding hydrogens is 404 g/mol. The smallest absolute Gasteiger partial charge is 0.302 e. The van der Waals surface area contributed by atoms with Gasteiger partial charge in [0.25, 0.3) is 0 Å². The van der Waals surface area contributed by atoms with E-state index in [1.807, 2.05) is 0 Å². The minimum Gasteiger partial charge on any atom is -0.462 e. The molecule has 0 radical (unpaired) electrons. The lowest BCUT2D eigenvalue weighted by atomic mass is 9.50. The monoisotopic (exact) mass is 452 g/mol. The topological polar surface area (TPSA) is 26.3 Å². The first kappa shape index (κ1) is 24.8. The second-order valence-electron chi connectivity index (χ2n) is 12.6. The number of carbonyl (C=O) groups is 1. The second kappa shape index (κ2) is 9.38.